The lowest BCUT2D eigenvalue weighted by molar-refractivity contribution is 0.174. The molecule has 5 heteroatoms. The number of hydrogen-bond acceptors (Lipinski definition) is 4. The van der Waals surface area contributed by atoms with Crippen LogP contribution in [0.2, 0.25) is 5.02 Å². The van der Waals surface area contributed by atoms with Gasteiger partial charge in [0.05, 0.1) is 11.6 Å². The van der Waals surface area contributed by atoms with Gasteiger partial charge in [-0.15, -0.1) is 0 Å². The quantitative estimate of drug-likeness (QED) is 0.880. The van der Waals surface area contributed by atoms with Crippen molar-refractivity contribution >= 4 is 11.6 Å². The van der Waals surface area contributed by atoms with Crippen molar-refractivity contribution in [3.63, 3.8) is 0 Å². The van der Waals surface area contributed by atoms with Crippen molar-refractivity contribution in [2.24, 2.45) is 0 Å². The number of nitrogens with one attached hydrogen (secondary N) is 1. The Balaban J connectivity index is 1.55. The monoisotopic (exact) mass is 319 g/mol. The van der Waals surface area contributed by atoms with Gasteiger partial charge in [0, 0.05) is 13.1 Å². The molecular weight excluding hydrogens is 302 g/mol. The highest BCUT2D eigenvalue weighted by Crippen LogP contribution is 2.32. The van der Waals surface area contributed by atoms with E-state index in [9.17, 15) is 0 Å². The molecule has 0 aliphatic carbocycles. The van der Waals surface area contributed by atoms with Crippen LogP contribution in [0.1, 0.15) is 18.1 Å². The van der Waals surface area contributed by atoms with Gasteiger partial charge in [-0.05, 0) is 42.3 Å². The van der Waals surface area contributed by atoms with Crippen molar-refractivity contribution in [2.45, 2.75) is 20.0 Å². The van der Waals surface area contributed by atoms with E-state index in [0.29, 0.717) is 18.4 Å². The standard InChI is InChI=1S/C17H18ClNO3/c1-2-20-15-5-3-12(7-14(15)18)9-19-10-13-4-6-16-17(8-13)22-11-21-16/h3-8,19H,2,9-11H2,1H3. The summed E-state index contributed by atoms with van der Waals surface area (Å²) in [7, 11) is 0. The molecule has 0 aromatic heterocycles. The Morgan fingerprint density at radius 2 is 1.77 bits per heavy atom. The molecule has 0 unspecified atom stereocenters. The first-order valence-corrected chi connectivity index (χ1v) is 7.64. The molecule has 2 aromatic carbocycles. The lowest BCUT2D eigenvalue weighted by Gasteiger charge is -2.09. The number of benzene rings is 2. The molecule has 0 saturated heterocycles. The zero-order valence-electron chi connectivity index (χ0n) is 12.4. The second-order valence-corrected chi connectivity index (χ2v) is 5.40. The maximum Gasteiger partial charge on any atom is 0.231 e. The molecule has 22 heavy (non-hydrogen) atoms. The lowest BCUT2D eigenvalue weighted by atomic mass is 10.2. The molecule has 0 radical (unpaired) electrons. The van der Waals surface area contributed by atoms with Crippen LogP contribution in [-0.4, -0.2) is 13.4 Å². The highest BCUT2D eigenvalue weighted by molar-refractivity contribution is 6.32. The smallest absolute Gasteiger partial charge is 0.231 e. The van der Waals surface area contributed by atoms with Crippen molar-refractivity contribution in [3.8, 4) is 17.2 Å². The summed E-state index contributed by atoms with van der Waals surface area (Å²) in [6, 6.07) is 11.8. The summed E-state index contributed by atoms with van der Waals surface area (Å²) in [5, 5.41) is 4.03. The number of fused-ring (bicyclic) bond motifs is 1. The minimum absolute atomic E-state index is 0.302. The second kappa shape index (κ2) is 6.90. The molecule has 116 valence electrons. The Morgan fingerprint density at radius 3 is 2.55 bits per heavy atom. The van der Waals surface area contributed by atoms with Gasteiger partial charge >= 0.3 is 0 Å². The normalized spacial score (nSPS) is 12.5. The third-order valence-electron chi connectivity index (χ3n) is 3.39. The van der Waals surface area contributed by atoms with Crippen molar-refractivity contribution in [1.82, 2.24) is 5.32 Å². The Bertz CT molecular complexity index is 660. The van der Waals surface area contributed by atoms with Gasteiger partial charge in [-0.2, -0.15) is 0 Å². The second-order valence-electron chi connectivity index (χ2n) is 4.99. The molecule has 2 aromatic rings. The van der Waals surface area contributed by atoms with E-state index in [2.05, 4.69) is 5.32 Å². The Hall–Kier alpha value is -1.91. The number of halogens is 1. The predicted molar refractivity (Wildman–Crippen MR) is 85.7 cm³/mol. The molecule has 3 rings (SSSR count). The fraction of sp³-hybridized carbons (Fsp3) is 0.294. The molecule has 1 heterocycles. The molecule has 1 N–H and O–H groups in total. The third-order valence-corrected chi connectivity index (χ3v) is 3.69. The molecule has 0 amide bonds. The first kappa shape index (κ1) is 15.0. The first-order valence-electron chi connectivity index (χ1n) is 7.26. The Kier molecular flexibility index (Phi) is 4.71. The van der Waals surface area contributed by atoms with E-state index in [-0.39, 0.29) is 0 Å². The van der Waals surface area contributed by atoms with Crippen LogP contribution in [-0.2, 0) is 13.1 Å². The van der Waals surface area contributed by atoms with Crippen LogP contribution in [0.25, 0.3) is 0 Å². The maximum atomic E-state index is 6.18. The van der Waals surface area contributed by atoms with Crippen LogP contribution < -0.4 is 19.5 Å². The average Bonchev–Trinajstić information content (AvgIpc) is 2.98. The number of rotatable bonds is 6. The van der Waals surface area contributed by atoms with E-state index in [0.717, 1.165) is 41.5 Å². The highest BCUT2D eigenvalue weighted by atomic mass is 35.5. The van der Waals surface area contributed by atoms with E-state index in [4.69, 9.17) is 25.8 Å². The van der Waals surface area contributed by atoms with Gasteiger partial charge in [-0.1, -0.05) is 23.7 Å². The number of ether oxygens (including phenoxy) is 3. The van der Waals surface area contributed by atoms with Crippen LogP contribution in [0.15, 0.2) is 36.4 Å². The van der Waals surface area contributed by atoms with Gasteiger partial charge in [-0.3, -0.25) is 0 Å². The van der Waals surface area contributed by atoms with E-state index < -0.39 is 0 Å². The van der Waals surface area contributed by atoms with Crippen molar-refractivity contribution in [3.05, 3.63) is 52.5 Å². The van der Waals surface area contributed by atoms with E-state index in [1.165, 1.54) is 0 Å². The van der Waals surface area contributed by atoms with Gasteiger partial charge in [0.1, 0.15) is 5.75 Å². The molecule has 1 aliphatic heterocycles. The molecule has 0 saturated carbocycles. The first-order chi connectivity index (χ1) is 10.8. The van der Waals surface area contributed by atoms with Crippen LogP contribution in [0.3, 0.4) is 0 Å². The minimum Gasteiger partial charge on any atom is -0.492 e. The van der Waals surface area contributed by atoms with E-state index in [1.54, 1.807) is 0 Å². The maximum absolute atomic E-state index is 6.18. The summed E-state index contributed by atoms with van der Waals surface area (Å²) in [6.07, 6.45) is 0. The minimum atomic E-state index is 0.302. The Labute approximate surface area is 135 Å². The fourth-order valence-corrected chi connectivity index (χ4v) is 2.59. The van der Waals surface area contributed by atoms with E-state index >= 15 is 0 Å². The van der Waals surface area contributed by atoms with Gasteiger partial charge in [0.2, 0.25) is 6.79 Å². The zero-order chi connectivity index (χ0) is 15.4. The van der Waals surface area contributed by atoms with Crippen molar-refractivity contribution in [2.75, 3.05) is 13.4 Å². The lowest BCUT2D eigenvalue weighted by Crippen LogP contribution is -2.12. The summed E-state index contributed by atoms with van der Waals surface area (Å²) < 4.78 is 16.1. The van der Waals surface area contributed by atoms with Gasteiger partial charge in [0.15, 0.2) is 11.5 Å². The SMILES string of the molecule is CCOc1ccc(CNCc2ccc3c(c2)OCO3)cc1Cl. The van der Waals surface area contributed by atoms with Gasteiger partial charge < -0.3 is 19.5 Å². The average molecular weight is 320 g/mol. The number of hydrogen-bond donors (Lipinski definition) is 1. The molecule has 1 aliphatic rings. The van der Waals surface area contributed by atoms with Gasteiger partial charge in [-0.25, -0.2) is 0 Å². The zero-order valence-corrected chi connectivity index (χ0v) is 13.2. The van der Waals surface area contributed by atoms with Crippen molar-refractivity contribution in [1.29, 1.82) is 0 Å². The summed E-state index contributed by atoms with van der Waals surface area (Å²) in [6.45, 7) is 4.34. The molecular formula is C17H18ClNO3. The van der Waals surface area contributed by atoms with Crippen molar-refractivity contribution < 1.29 is 14.2 Å². The van der Waals surface area contributed by atoms with E-state index in [1.807, 2.05) is 43.3 Å². The molecule has 0 spiro atoms. The van der Waals surface area contributed by atoms with Crippen LogP contribution in [0, 0.1) is 0 Å². The van der Waals surface area contributed by atoms with Gasteiger partial charge in [0.25, 0.3) is 0 Å². The summed E-state index contributed by atoms with van der Waals surface area (Å²) in [5.41, 5.74) is 2.27. The highest BCUT2D eigenvalue weighted by Gasteiger charge is 2.12. The van der Waals surface area contributed by atoms with Crippen LogP contribution >= 0.6 is 11.6 Å². The van der Waals surface area contributed by atoms with Crippen LogP contribution in [0.4, 0.5) is 0 Å². The molecule has 4 nitrogen and oxygen atoms in total. The largest absolute Gasteiger partial charge is 0.492 e. The molecule has 0 fully saturated rings. The summed E-state index contributed by atoms with van der Waals surface area (Å²) in [5.74, 6) is 2.34. The molecule has 0 atom stereocenters. The third kappa shape index (κ3) is 3.46. The molecule has 0 bridgehead atoms. The summed E-state index contributed by atoms with van der Waals surface area (Å²) in [4.78, 5) is 0. The fourth-order valence-electron chi connectivity index (χ4n) is 2.33. The van der Waals surface area contributed by atoms with Crippen LogP contribution in [0.5, 0.6) is 17.2 Å². The summed E-state index contributed by atoms with van der Waals surface area (Å²) >= 11 is 6.18. The Morgan fingerprint density at radius 1 is 1.05 bits per heavy atom. The predicted octanol–water partition coefficient (Wildman–Crippen LogP) is 3.76. The topological polar surface area (TPSA) is 39.7 Å².